The normalized spacial score (nSPS) is 23.5. The van der Waals surface area contributed by atoms with Crippen LogP contribution in [0.1, 0.15) is 39.0 Å². The van der Waals surface area contributed by atoms with Crippen LogP contribution in [0.15, 0.2) is 0 Å². The maximum Gasteiger partial charge on any atom is 0.279 e. The Morgan fingerprint density at radius 1 is 1.38 bits per heavy atom. The molecule has 4 nitrogen and oxygen atoms in total. The first-order valence-corrected chi connectivity index (χ1v) is 7.88. The molecule has 1 fully saturated rings. The van der Waals surface area contributed by atoms with E-state index in [9.17, 15) is 8.42 Å². The van der Waals surface area contributed by atoms with Crippen LogP contribution < -0.4 is 4.72 Å². The minimum absolute atomic E-state index is 0.124. The average molecular weight is 269 g/mol. The van der Waals surface area contributed by atoms with Crippen molar-refractivity contribution in [3.05, 3.63) is 0 Å². The van der Waals surface area contributed by atoms with Gasteiger partial charge in [-0.25, -0.2) is 4.72 Å². The Morgan fingerprint density at radius 2 is 2.12 bits per heavy atom. The molecule has 1 atom stereocenters. The Bertz CT molecular complexity index is 295. The van der Waals surface area contributed by atoms with Gasteiger partial charge in [0.1, 0.15) is 0 Å². The summed E-state index contributed by atoms with van der Waals surface area (Å²) < 4.78 is 28.1. The topological polar surface area (TPSA) is 49.4 Å². The van der Waals surface area contributed by atoms with Crippen molar-refractivity contribution < 1.29 is 8.42 Å². The number of hydrogen-bond acceptors (Lipinski definition) is 2. The monoisotopic (exact) mass is 268 g/mol. The maximum absolute atomic E-state index is 11.9. The zero-order valence-electron chi connectivity index (χ0n) is 9.78. The fourth-order valence-corrected chi connectivity index (χ4v) is 3.64. The molecule has 1 unspecified atom stereocenters. The molecule has 0 aromatic rings. The number of rotatable bonds is 6. The Balaban J connectivity index is 2.42. The van der Waals surface area contributed by atoms with E-state index in [1.807, 2.05) is 6.92 Å². The van der Waals surface area contributed by atoms with Crippen molar-refractivity contribution in [3.8, 4) is 0 Å². The largest absolute Gasteiger partial charge is 0.279 e. The van der Waals surface area contributed by atoms with Gasteiger partial charge in [-0.1, -0.05) is 6.42 Å². The van der Waals surface area contributed by atoms with Crippen molar-refractivity contribution in [3.63, 3.8) is 0 Å². The lowest BCUT2D eigenvalue weighted by Crippen LogP contribution is -2.48. The molecule has 1 rings (SSSR count). The smallest absolute Gasteiger partial charge is 0.202 e. The summed E-state index contributed by atoms with van der Waals surface area (Å²) in [5, 5.41) is 0. The summed E-state index contributed by atoms with van der Waals surface area (Å²) in [5.74, 6) is 0.585. The summed E-state index contributed by atoms with van der Waals surface area (Å²) in [6.45, 7) is 3.10. The number of alkyl halides is 1. The summed E-state index contributed by atoms with van der Waals surface area (Å²) in [6, 6.07) is 0.124. The zero-order valence-corrected chi connectivity index (χ0v) is 11.4. The fraction of sp³-hybridized carbons (Fsp3) is 1.00. The van der Waals surface area contributed by atoms with Crippen LogP contribution in [0.3, 0.4) is 0 Å². The van der Waals surface area contributed by atoms with E-state index in [-0.39, 0.29) is 6.04 Å². The van der Waals surface area contributed by atoms with Gasteiger partial charge in [0.25, 0.3) is 10.2 Å². The van der Waals surface area contributed by atoms with Gasteiger partial charge in [-0.3, -0.25) is 0 Å². The first kappa shape index (κ1) is 14.2. The molecule has 0 saturated carbocycles. The second-order valence-electron chi connectivity index (χ2n) is 4.25. The van der Waals surface area contributed by atoms with Crippen molar-refractivity contribution in [2.24, 2.45) is 0 Å². The van der Waals surface area contributed by atoms with Gasteiger partial charge in [-0.15, -0.1) is 11.6 Å². The summed E-state index contributed by atoms with van der Waals surface area (Å²) in [6.07, 6.45) is 4.69. The predicted molar refractivity (Wildman–Crippen MR) is 66.9 cm³/mol. The van der Waals surface area contributed by atoms with E-state index in [0.29, 0.717) is 19.0 Å². The first-order valence-electron chi connectivity index (χ1n) is 5.90. The van der Waals surface area contributed by atoms with Crippen molar-refractivity contribution in [2.45, 2.75) is 45.1 Å². The van der Waals surface area contributed by atoms with Crippen LogP contribution in [0, 0.1) is 0 Å². The molecule has 0 aromatic carbocycles. The van der Waals surface area contributed by atoms with Gasteiger partial charge >= 0.3 is 0 Å². The number of nitrogens with zero attached hydrogens (tertiary/aromatic N) is 1. The summed E-state index contributed by atoms with van der Waals surface area (Å²) >= 11 is 5.54. The van der Waals surface area contributed by atoms with Crippen LogP contribution in [0.25, 0.3) is 0 Å². The molecule has 0 aromatic heterocycles. The Morgan fingerprint density at radius 3 is 2.75 bits per heavy atom. The highest BCUT2D eigenvalue weighted by atomic mass is 35.5. The molecule has 1 N–H and O–H groups in total. The van der Waals surface area contributed by atoms with Crippen LogP contribution in [-0.2, 0) is 10.2 Å². The summed E-state index contributed by atoms with van der Waals surface area (Å²) in [4.78, 5) is 0. The van der Waals surface area contributed by atoms with Crippen molar-refractivity contribution in [2.75, 3.05) is 19.0 Å². The molecule has 16 heavy (non-hydrogen) atoms. The van der Waals surface area contributed by atoms with E-state index in [4.69, 9.17) is 11.6 Å². The molecule has 0 amide bonds. The van der Waals surface area contributed by atoms with Gasteiger partial charge in [-0.05, 0) is 32.6 Å². The van der Waals surface area contributed by atoms with Crippen LogP contribution in [0.2, 0.25) is 0 Å². The van der Waals surface area contributed by atoms with E-state index in [0.717, 1.165) is 32.1 Å². The molecule has 1 heterocycles. The second kappa shape index (κ2) is 6.79. The Kier molecular flexibility index (Phi) is 6.03. The Hall–Kier alpha value is 0.160. The highest BCUT2D eigenvalue weighted by Gasteiger charge is 2.28. The predicted octanol–water partition coefficient (Wildman–Crippen LogP) is 1.71. The van der Waals surface area contributed by atoms with Crippen molar-refractivity contribution in [1.82, 2.24) is 9.03 Å². The quantitative estimate of drug-likeness (QED) is 0.589. The molecule has 0 bridgehead atoms. The minimum atomic E-state index is -3.27. The number of nitrogens with one attached hydrogen (secondary N) is 1. The third-order valence-electron chi connectivity index (χ3n) is 2.90. The number of piperidine rings is 1. The fourth-order valence-electron chi connectivity index (χ4n) is 1.93. The van der Waals surface area contributed by atoms with Gasteiger partial charge in [0.2, 0.25) is 0 Å². The molecule has 0 spiro atoms. The van der Waals surface area contributed by atoms with Crippen LogP contribution >= 0.6 is 11.6 Å². The van der Waals surface area contributed by atoms with Crippen LogP contribution in [0.5, 0.6) is 0 Å². The molecule has 0 radical (unpaired) electrons. The van der Waals surface area contributed by atoms with E-state index < -0.39 is 10.2 Å². The molecule has 6 heteroatoms. The van der Waals surface area contributed by atoms with E-state index in [2.05, 4.69) is 4.72 Å². The SMILES string of the molecule is CC1CCCCN1S(=O)(=O)NCCCCCl. The molecule has 1 aliphatic heterocycles. The van der Waals surface area contributed by atoms with Crippen molar-refractivity contribution in [1.29, 1.82) is 0 Å². The zero-order chi connectivity index (χ0) is 12.0. The third kappa shape index (κ3) is 4.20. The lowest BCUT2D eigenvalue weighted by atomic mass is 10.1. The highest BCUT2D eigenvalue weighted by Crippen LogP contribution is 2.18. The third-order valence-corrected chi connectivity index (χ3v) is 4.89. The summed E-state index contributed by atoms with van der Waals surface area (Å²) in [5.41, 5.74) is 0. The molecular weight excluding hydrogens is 248 g/mol. The lowest BCUT2D eigenvalue weighted by Gasteiger charge is -2.32. The van der Waals surface area contributed by atoms with Crippen molar-refractivity contribution >= 4 is 21.8 Å². The second-order valence-corrected chi connectivity index (χ2v) is 6.34. The minimum Gasteiger partial charge on any atom is -0.202 e. The van der Waals surface area contributed by atoms with Gasteiger partial charge in [0, 0.05) is 25.0 Å². The van der Waals surface area contributed by atoms with Gasteiger partial charge in [-0.2, -0.15) is 12.7 Å². The van der Waals surface area contributed by atoms with Crippen LogP contribution in [0.4, 0.5) is 0 Å². The van der Waals surface area contributed by atoms with Gasteiger partial charge in [0.15, 0.2) is 0 Å². The van der Waals surface area contributed by atoms with Gasteiger partial charge < -0.3 is 0 Å². The highest BCUT2D eigenvalue weighted by molar-refractivity contribution is 7.87. The maximum atomic E-state index is 11.9. The van der Waals surface area contributed by atoms with E-state index in [1.54, 1.807) is 4.31 Å². The molecular formula is C10H21ClN2O2S. The number of halogens is 1. The molecule has 96 valence electrons. The molecule has 0 aliphatic carbocycles. The van der Waals surface area contributed by atoms with Gasteiger partial charge in [0.05, 0.1) is 0 Å². The molecule has 1 aliphatic rings. The number of hydrogen-bond donors (Lipinski definition) is 1. The number of unbranched alkanes of at least 4 members (excludes halogenated alkanes) is 1. The van der Waals surface area contributed by atoms with E-state index in [1.165, 1.54) is 0 Å². The lowest BCUT2D eigenvalue weighted by molar-refractivity contribution is 0.265. The Labute approximate surface area is 104 Å². The van der Waals surface area contributed by atoms with Crippen LogP contribution in [-0.4, -0.2) is 37.7 Å². The van der Waals surface area contributed by atoms with E-state index >= 15 is 0 Å². The molecule has 1 saturated heterocycles. The summed E-state index contributed by atoms with van der Waals surface area (Å²) in [7, 11) is -3.27. The first-order chi connectivity index (χ1) is 7.58. The average Bonchev–Trinajstić information content (AvgIpc) is 2.25. The standard InChI is InChI=1S/C10H21ClN2O2S/c1-10-6-2-5-9-13(10)16(14,15)12-8-4-3-7-11/h10,12H,2-9H2,1H3.